The molecular weight excluding hydrogens is 330 g/mol. The lowest BCUT2D eigenvalue weighted by Crippen LogP contribution is -2.34. The zero-order chi connectivity index (χ0) is 18.3. The first-order valence-corrected chi connectivity index (χ1v) is 8.59. The molecule has 0 atom stereocenters. The molecule has 0 aliphatic carbocycles. The summed E-state index contributed by atoms with van der Waals surface area (Å²) in [5.74, 6) is -0.131. The fourth-order valence-electron chi connectivity index (χ4n) is 3.44. The van der Waals surface area contributed by atoms with Crippen LogP contribution in [0.4, 0.5) is 11.4 Å². The molecule has 0 unspecified atom stereocenters. The Morgan fingerprint density at radius 1 is 1.15 bits per heavy atom. The number of likely N-dealkylation sites (N-methyl/N-ethyl adjacent to an activating group) is 1. The Bertz CT molecular complexity index is 936. The minimum Gasteiger partial charge on any atom is -0.341 e. The summed E-state index contributed by atoms with van der Waals surface area (Å²) in [5, 5.41) is 5.69. The molecule has 0 saturated heterocycles. The van der Waals surface area contributed by atoms with E-state index in [0.29, 0.717) is 24.2 Å². The summed E-state index contributed by atoms with van der Waals surface area (Å²) in [6.45, 7) is 0.685. The van der Waals surface area contributed by atoms with Crippen LogP contribution in [0.2, 0.25) is 0 Å². The molecule has 26 heavy (non-hydrogen) atoms. The number of hydrogen-bond acceptors (Lipinski definition) is 3. The van der Waals surface area contributed by atoms with E-state index in [-0.39, 0.29) is 24.1 Å². The summed E-state index contributed by atoms with van der Waals surface area (Å²) in [4.78, 5) is 37.6. The van der Waals surface area contributed by atoms with Crippen LogP contribution in [0.5, 0.6) is 0 Å². The fraction of sp³-hybridized carbons (Fsp3) is 0.250. The fourth-order valence-corrected chi connectivity index (χ4v) is 3.44. The van der Waals surface area contributed by atoms with E-state index in [1.54, 1.807) is 24.1 Å². The summed E-state index contributed by atoms with van der Waals surface area (Å²) in [5.41, 5.74) is 4.95. The third-order valence-electron chi connectivity index (χ3n) is 4.85. The maximum Gasteiger partial charge on any atom is 0.253 e. The third-order valence-corrected chi connectivity index (χ3v) is 4.85. The van der Waals surface area contributed by atoms with Crippen LogP contribution in [-0.2, 0) is 28.9 Å². The zero-order valence-electron chi connectivity index (χ0n) is 14.5. The molecule has 2 heterocycles. The number of fused-ring (bicyclic) bond motifs is 2. The number of carbonyl (C=O) groups is 3. The molecule has 132 valence electrons. The van der Waals surface area contributed by atoms with Gasteiger partial charge in [-0.05, 0) is 47.4 Å². The molecule has 2 aromatic carbocycles. The molecule has 6 heteroatoms. The number of benzene rings is 2. The summed E-state index contributed by atoms with van der Waals surface area (Å²) in [6.07, 6.45) is 1.40. The highest BCUT2D eigenvalue weighted by Gasteiger charge is 2.22. The SMILES string of the molecule is CN1CCc2cc(NC(=O)Cc3ccc4c(c3)NC(=O)C4)ccc2C1=O. The minimum atomic E-state index is -0.131. The smallest absolute Gasteiger partial charge is 0.253 e. The normalized spacial score (nSPS) is 15.3. The number of hydrogen-bond donors (Lipinski definition) is 2. The number of nitrogens with one attached hydrogen (secondary N) is 2. The van der Waals surface area contributed by atoms with E-state index in [4.69, 9.17) is 0 Å². The summed E-state index contributed by atoms with van der Waals surface area (Å²) in [7, 11) is 1.79. The number of rotatable bonds is 3. The molecule has 0 bridgehead atoms. The van der Waals surface area contributed by atoms with E-state index in [1.807, 2.05) is 24.3 Å². The highest BCUT2D eigenvalue weighted by Crippen LogP contribution is 2.25. The number of amides is 3. The molecule has 0 radical (unpaired) electrons. The molecule has 0 spiro atoms. The van der Waals surface area contributed by atoms with Crippen LogP contribution in [0.1, 0.15) is 27.0 Å². The van der Waals surface area contributed by atoms with Crippen LogP contribution in [0.3, 0.4) is 0 Å². The van der Waals surface area contributed by atoms with Gasteiger partial charge in [-0.25, -0.2) is 0 Å². The van der Waals surface area contributed by atoms with Crippen molar-refractivity contribution in [2.24, 2.45) is 0 Å². The Labute approximate surface area is 151 Å². The van der Waals surface area contributed by atoms with Gasteiger partial charge in [0.2, 0.25) is 11.8 Å². The molecule has 4 rings (SSSR count). The van der Waals surface area contributed by atoms with Gasteiger partial charge in [0.1, 0.15) is 0 Å². The number of nitrogens with zero attached hydrogens (tertiary/aromatic N) is 1. The standard InChI is InChI=1S/C20H19N3O3/c1-23-7-6-13-10-15(4-5-16(13)20(23)26)21-18(24)9-12-2-3-14-11-19(25)22-17(14)8-12/h2-5,8,10H,6-7,9,11H2,1H3,(H,21,24)(H,22,25). The summed E-state index contributed by atoms with van der Waals surface area (Å²) >= 11 is 0. The molecule has 2 aliphatic heterocycles. The molecule has 0 saturated carbocycles. The second-order valence-corrected chi connectivity index (χ2v) is 6.79. The minimum absolute atomic E-state index is 0.0177. The van der Waals surface area contributed by atoms with Gasteiger partial charge < -0.3 is 15.5 Å². The van der Waals surface area contributed by atoms with Crippen molar-refractivity contribution in [1.82, 2.24) is 4.90 Å². The van der Waals surface area contributed by atoms with E-state index in [1.165, 1.54) is 0 Å². The van der Waals surface area contributed by atoms with Crippen molar-refractivity contribution in [3.63, 3.8) is 0 Å². The van der Waals surface area contributed by atoms with Gasteiger partial charge in [-0.3, -0.25) is 14.4 Å². The molecule has 2 aromatic rings. The van der Waals surface area contributed by atoms with Crippen molar-refractivity contribution in [3.8, 4) is 0 Å². The molecule has 2 aliphatic rings. The van der Waals surface area contributed by atoms with E-state index >= 15 is 0 Å². The van der Waals surface area contributed by atoms with Gasteiger partial charge in [0.25, 0.3) is 5.91 Å². The third kappa shape index (κ3) is 3.06. The van der Waals surface area contributed by atoms with Crippen LogP contribution >= 0.6 is 0 Å². The number of carbonyl (C=O) groups excluding carboxylic acids is 3. The first-order valence-electron chi connectivity index (χ1n) is 8.59. The Morgan fingerprint density at radius 3 is 2.85 bits per heavy atom. The predicted molar refractivity (Wildman–Crippen MR) is 98.2 cm³/mol. The highest BCUT2D eigenvalue weighted by molar-refractivity contribution is 6.00. The predicted octanol–water partition coefficient (Wildman–Crippen LogP) is 1.99. The van der Waals surface area contributed by atoms with Gasteiger partial charge in [-0.1, -0.05) is 12.1 Å². The van der Waals surface area contributed by atoms with Gasteiger partial charge >= 0.3 is 0 Å². The van der Waals surface area contributed by atoms with Crippen molar-refractivity contribution in [2.45, 2.75) is 19.3 Å². The topological polar surface area (TPSA) is 78.5 Å². The van der Waals surface area contributed by atoms with Crippen molar-refractivity contribution in [2.75, 3.05) is 24.2 Å². The Kier molecular flexibility index (Phi) is 3.95. The monoisotopic (exact) mass is 349 g/mol. The highest BCUT2D eigenvalue weighted by atomic mass is 16.2. The Balaban J connectivity index is 1.45. The second-order valence-electron chi connectivity index (χ2n) is 6.79. The van der Waals surface area contributed by atoms with Crippen molar-refractivity contribution in [3.05, 3.63) is 58.7 Å². The maximum atomic E-state index is 12.4. The van der Waals surface area contributed by atoms with Crippen molar-refractivity contribution >= 4 is 29.1 Å². The molecule has 3 amide bonds. The lowest BCUT2D eigenvalue weighted by Gasteiger charge is -2.25. The molecule has 2 N–H and O–H groups in total. The second kappa shape index (κ2) is 6.29. The van der Waals surface area contributed by atoms with E-state index in [2.05, 4.69) is 10.6 Å². The van der Waals surface area contributed by atoms with Gasteiger partial charge in [0.15, 0.2) is 0 Å². The van der Waals surface area contributed by atoms with Gasteiger partial charge in [-0.15, -0.1) is 0 Å². The average Bonchev–Trinajstić information content (AvgIpc) is 2.97. The van der Waals surface area contributed by atoms with Crippen LogP contribution in [-0.4, -0.2) is 36.2 Å². The lowest BCUT2D eigenvalue weighted by atomic mass is 9.98. The van der Waals surface area contributed by atoms with E-state index in [9.17, 15) is 14.4 Å². The molecule has 0 fully saturated rings. The molecule has 6 nitrogen and oxygen atoms in total. The largest absolute Gasteiger partial charge is 0.341 e. The van der Waals surface area contributed by atoms with Gasteiger partial charge in [-0.2, -0.15) is 0 Å². The Morgan fingerprint density at radius 2 is 2.00 bits per heavy atom. The average molecular weight is 349 g/mol. The lowest BCUT2D eigenvalue weighted by molar-refractivity contribution is -0.116. The van der Waals surface area contributed by atoms with Crippen molar-refractivity contribution < 1.29 is 14.4 Å². The van der Waals surface area contributed by atoms with Crippen LogP contribution in [0, 0.1) is 0 Å². The first-order chi connectivity index (χ1) is 12.5. The molecule has 0 aromatic heterocycles. The summed E-state index contributed by atoms with van der Waals surface area (Å²) < 4.78 is 0. The van der Waals surface area contributed by atoms with E-state index in [0.717, 1.165) is 28.8 Å². The van der Waals surface area contributed by atoms with Crippen LogP contribution in [0.25, 0.3) is 0 Å². The first kappa shape index (κ1) is 16.3. The summed E-state index contributed by atoms with van der Waals surface area (Å²) in [6, 6.07) is 11.0. The van der Waals surface area contributed by atoms with Gasteiger partial charge in [0.05, 0.1) is 12.8 Å². The zero-order valence-corrected chi connectivity index (χ0v) is 14.5. The maximum absolute atomic E-state index is 12.4. The quantitative estimate of drug-likeness (QED) is 0.889. The Hall–Kier alpha value is -3.15. The molecular formula is C20H19N3O3. The van der Waals surface area contributed by atoms with Gasteiger partial charge in [0, 0.05) is 30.5 Å². The van der Waals surface area contributed by atoms with Crippen LogP contribution in [0.15, 0.2) is 36.4 Å². The number of anilines is 2. The van der Waals surface area contributed by atoms with Crippen molar-refractivity contribution in [1.29, 1.82) is 0 Å². The van der Waals surface area contributed by atoms with E-state index < -0.39 is 0 Å². The van der Waals surface area contributed by atoms with Crippen LogP contribution < -0.4 is 10.6 Å².